The third kappa shape index (κ3) is 1.69. The predicted molar refractivity (Wildman–Crippen MR) is 68.8 cm³/mol. The monoisotopic (exact) mass is 240 g/mol. The molecule has 90 valence electrons. The lowest BCUT2D eigenvalue weighted by molar-refractivity contribution is 0.564. The van der Waals surface area contributed by atoms with Crippen molar-refractivity contribution in [3.05, 3.63) is 42.2 Å². The molecule has 0 amide bonds. The largest absolute Gasteiger partial charge is 0.443 e. The molecule has 3 aromatic rings. The molecule has 0 bridgehead atoms. The van der Waals surface area contributed by atoms with E-state index in [0.29, 0.717) is 5.71 Å². The lowest BCUT2D eigenvalue weighted by atomic mass is 10.2. The van der Waals surface area contributed by atoms with Gasteiger partial charge in [0.1, 0.15) is 17.9 Å². The van der Waals surface area contributed by atoms with Gasteiger partial charge in [0.15, 0.2) is 0 Å². The fraction of sp³-hybridized carbons (Fsp3) is 0.154. The highest BCUT2D eigenvalue weighted by molar-refractivity contribution is 5.91. The van der Waals surface area contributed by atoms with Crippen LogP contribution in [0.2, 0.25) is 0 Å². The zero-order valence-corrected chi connectivity index (χ0v) is 10.1. The van der Waals surface area contributed by atoms with Gasteiger partial charge in [-0.1, -0.05) is 0 Å². The molecule has 18 heavy (non-hydrogen) atoms. The molecule has 0 saturated carbocycles. The van der Waals surface area contributed by atoms with Gasteiger partial charge >= 0.3 is 0 Å². The number of nitrogens with zero attached hydrogens (tertiary/aromatic N) is 3. The summed E-state index contributed by atoms with van der Waals surface area (Å²) in [6.45, 7) is 3.92. The molecule has 0 aliphatic heterocycles. The first-order chi connectivity index (χ1) is 8.75. The second kappa shape index (κ2) is 4.10. The van der Waals surface area contributed by atoms with E-state index in [2.05, 4.69) is 20.3 Å². The molecule has 1 N–H and O–H groups in total. The summed E-state index contributed by atoms with van der Waals surface area (Å²) in [5.74, 6) is 1.60. The molecular weight excluding hydrogens is 228 g/mol. The summed E-state index contributed by atoms with van der Waals surface area (Å²) in [6.07, 6.45) is 4.97. The Balaban J connectivity index is 2.12. The van der Waals surface area contributed by atoms with Gasteiger partial charge < -0.3 is 9.73 Å². The van der Waals surface area contributed by atoms with Crippen molar-refractivity contribution in [2.24, 2.45) is 0 Å². The molecule has 0 aliphatic rings. The maximum absolute atomic E-state index is 5.57. The number of nitrogens with one attached hydrogen (secondary N) is 1. The van der Waals surface area contributed by atoms with Crippen LogP contribution in [0, 0.1) is 13.8 Å². The van der Waals surface area contributed by atoms with Crippen LogP contribution in [-0.2, 0) is 0 Å². The third-order valence-corrected chi connectivity index (χ3v) is 2.89. The summed E-state index contributed by atoms with van der Waals surface area (Å²) in [4.78, 5) is 12.5. The first kappa shape index (κ1) is 10.7. The van der Waals surface area contributed by atoms with Crippen molar-refractivity contribution >= 4 is 22.6 Å². The highest BCUT2D eigenvalue weighted by Crippen LogP contribution is 2.29. The van der Waals surface area contributed by atoms with Crippen LogP contribution in [0.5, 0.6) is 0 Å². The van der Waals surface area contributed by atoms with E-state index in [4.69, 9.17) is 4.42 Å². The number of furan rings is 1. The maximum atomic E-state index is 5.57. The van der Waals surface area contributed by atoms with Crippen LogP contribution in [0.25, 0.3) is 11.1 Å². The Hall–Kier alpha value is -2.43. The van der Waals surface area contributed by atoms with Crippen LogP contribution in [0.15, 0.2) is 35.3 Å². The molecule has 3 aromatic heterocycles. The van der Waals surface area contributed by atoms with Gasteiger partial charge in [0.25, 0.3) is 0 Å². The summed E-state index contributed by atoms with van der Waals surface area (Å²) < 4.78 is 5.57. The molecule has 0 saturated heterocycles. The van der Waals surface area contributed by atoms with Crippen LogP contribution in [0.3, 0.4) is 0 Å². The van der Waals surface area contributed by atoms with Gasteiger partial charge in [0, 0.05) is 11.8 Å². The molecule has 0 fully saturated rings. The smallest absolute Gasteiger partial charge is 0.231 e. The summed E-state index contributed by atoms with van der Waals surface area (Å²) in [6, 6.07) is 3.80. The number of aryl methyl sites for hydroxylation is 2. The highest BCUT2D eigenvalue weighted by Gasteiger charge is 2.13. The Morgan fingerprint density at radius 1 is 1.22 bits per heavy atom. The lowest BCUT2D eigenvalue weighted by Crippen LogP contribution is -1.95. The minimum absolute atomic E-state index is 0.603. The standard InChI is InChI=1S/C13H12N4O/c1-8-9(2)18-13-11(8)12(15-7-16-13)17-10-4-3-5-14-6-10/h3-7H,1-2H3,(H,15,16,17). The Morgan fingerprint density at radius 3 is 2.89 bits per heavy atom. The lowest BCUT2D eigenvalue weighted by Gasteiger charge is -2.05. The summed E-state index contributed by atoms with van der Waals surface area (Å²) in [7, 11) is 0. The van der Waals surface area contributed by atoms with Gasteiger partial charge in [0.05, 0.1) is 17.3 Å². The second-order valence-electron chi connectivity index (χ2n) is 4.05. The van der Waals surface area contributed by atoms with Crippen LogP contribution >= 0.6 is 0 Å². The van der Waals surface area contributed by atoms with Gasteiger partial charge in [-0.25, -0.2) is 9.97 Å². The average Bonchev–Trinajstić information content (AvgIpc) is 2.67. The average molecular weight is 240 g/mol. The van der Waals surface area contributed by atoms with Crippen LogP contribution in [-0.4, -0.2) is 15.0 Å². The molecule has 3 rings (SSSR count). The van der Waals surface area contributed by atoms with E-state index in [1.54, 1.807) is 12.4 Å². The molecule has 0 aromatic carbocycles. The van der Waals surface area contributed by atoms with Crippen molar-refractivity contribution in [2.75, 3.05) is 5.32 Å². The Labute approximate surface area is 104 Å². The highest BCUT2D eigenvalue weighted by atomic mass is 16.3. The fourth-order valence-electron chi connectivity index (χ4n) is 1.85. The van der Waals surface area contributed by atoms with E-state index in [0.717, 1.165) is 28.2 Å². The fourth-order valence-corrected chi connectivity index (χ4v) is 1.85. The zero-order chi connectivity index (χ0) is 12.5. The molecule has 0 radical (unpaired) electrons. The summed E-state index contributed by atoms with van der Waals surface area (Å²) in [5, 5.41) is 4.14. The van der Waals surface area contributed by atoms with E-state index >= 15 is 0 Å². The van der Waals surface area contributed by atoms with E-state index in [9.17, 15) is 0 Å². The number of rotatable bonds is 2. The molecular formula is C13H12N4O. The molecule has 0 atom stereocenters. The molecule has 5 nitrogen and oxygen atoms in total. The Kier molecular flexibility index (Phi) is 2.44. The van der Waals surface area contributed by atoms with Gasteiger partial charge in [-0.15, -0.1) is 0 Å². The van der Waals surface area contributed by atoms with Gasteiger partial charge in [-0.3, -0.25) is 4.98 Å². The molecule has 0 spiro atoms. The van der Waals surface area contributed by atoms with Crippen molar-refractivity contribution in [1.82, 2.24) is 15.0 Å². The molecule has 5 heteroatoms. The predicted octanol–water partition coefficient (Wildman–Crippen LogP) is 2.98. The van der Waals surface area contributed by atoms with E-state index in [1.807, 2.05) is 26.0 Å². The van der Waals surface area contributed by atoms with Gasteiger partial charge in [-0.05, 0) is 26.0 Å². The zero-order valence-electron chi connectivity index (χ0n) is 10.1. The van der Waals surface area contributed by atoms with Crippen molar-refractivity contribution in [3.63, 3.8) is 0 Å². The van der Waals surface area contributed by atoms with Crippen LogP contribution in [0.1, 0.15) is 11.3 Å². The van der Waals surface area contributed by atoms with Crippen LogP contribution in [0.4, 0.5) is 11.5 Å². The van der Waals surface area contributed by atoms with Crippen molar-refractivity contribution in [1.29, 1.82) is 0 Å². The molecule has 0 unspecified atom stereocenters. The van der Waals surface area contributed by atoms with Gasteiger partial charge in [0.2, 0.25) is 5.71 Å². The van der Waals surface area contributed by atoms with Crippen LogP contribution < -0.4 is 5.32 Å². The summed E-state index contributed by atoms with van der Waals surface area (Å²) >= 11 is 0. The quantitative estimate of drug-likeness (QED) is 0.746. The van der Waals surface area contributed by atoms with E-state index < -0.39 is 0 Å². The van der Waals surface area contributed by atoms with Crippen molar-refractivity contribution < 1.29 is 4.42 Å². The van der Waals surface area contributed by atoms with Crippen molar-refractivity contribution in [2.45, 2.75) is 13.8 Å². The topological polar surface area (TPSA) is 63.8 Å². The number of fused-ring (bicyclic) bond motifs is 1. The third-order valence-electron chi connectivity index (χ3n) is 2.89. The minimum Gasteiger partial charge on any atom is -0.443 e. The van der Waals surface area contributed by atoms with Crippen molar-refractivity contribution in [3.8, 4) is 0 Å². The first-order valence-electron chi connectivity index (χ1n) is 5.63. The first-order valence-corrected chi connectivity index (χ1v) is 5.63. The Morgan fingerprint density at radius 2 is 2.11 bits per heavy atom. The van der Waals surface area contributed by atoms with Gasteiger partial charge in [-0.2, -0.15) is 0 Å². The van der Waals surface area contributed by atoms with E-state index in [-0.39, 0.29) is 0 Å². The second-order valence-corrected chi connectivity index (χ2v) is 4.05. The number of hydrogen-bond donors (Lipinski definition) is 1. The minimum atomic E-state index is 0.603. The number of aromatic nitrogens is 3. The molecule has 0 aliphatic carbocycles. The SMILES string of the molecule is Cc1oc2ncnc(Nc3cccnc3)c2c1C. The number of anilines is 2. The molecule has 3 heterocycles. The number of hydrogen-bond acceptors (Lipinski definition) is 5. The summed E-state index contributed by atoms with van der Waals surface area (Å²) in [5.41, 5.74) is 2.54. The Bertz CT molecular complexity index is 691. The number of pyridine rings is 1. The maximum Gasteiger partial charge on any atom is 0.231 e. The van der Waals surface area contributed by atoms with E-state index in [1.165, 1.54) is 6.33 Å². The normalized spacial score (nSPS) is 10.8.